The second-order valence-electron chi connectivity index (χ2n) is 7.39. The van der Waals surface area contributed by atoms with E-state index in [1.165, 1.54) is 6.08 Å². The van der Waals surface area contributed by atoms with Crippen molar-refractivity contribution in [3.05, 3.63) is 82.8 Å². The molecule has 1 atom stereocenters. The number of alkyl carbamates (subject to hydrolysis) is 1. The normalized spacial score (nSPS) is 12.6. The standard InChI is InChI=1S/C24H26N4O4/c1-2-15-31-23(29)22(13-7-8-14-26-28-25)27-24(30)32-16-21-19-11-5-3-9-17(19)18-10-4-6-12-20(18)21/h2-6,9-12,21-22H,1,7-8,13-16H2,(H,27,30)/t22-/m0/s1. The summed E-state index contributed by atoms with van der Waals surface area (Å²) < 4.78 is 10.6. The Morgan fingerprint density at radius 3 is 2.38 bits per heavy atom. The predicted molar refractivity (Wildman–Crippen MR) is 121 cm³/mol. The Morgan fingerprint density at radius 1 is 1.09 bits per heavy atom. The van der Waals surface area contributed by atoms with Crippen LogP contribution in [0.4, 0.5) is 4.79 Å². The smallest absolute Gasteiger partial charge is 0.407 e. The van der Waals surface area contributed by atoms with Crippen LogP contribution < -0.4 is 5.32 Å². The number of hydrogen-bond acceptors (Lipinski definition) is 5. The Hall–Kier alpha value is -3.77. The number of nitrogens with one attached hydrogen (secondary N) is 1. The van der Waals surface area contributed by atoms with Crippen LogP contribution in [0.25, 0.3) is 21.6 Å². The number of amides is 1. The minimum absolute atomic E-state index is 0.0560. The summed E-state index contributed by atoms with van der Waals surface area (Å²) in [6.07, 6.45) is 2.31. The fourth-order valence-corrected chi connectivity index (χ4v) is 3.85. The molecule has 1 N–H and O–H groups in total. The molecule has 0 saturated heterocycles. The van der Waals surface area contributed by atoms with Crippen molar-refractivity contribution < 1.29 is 19.1 Å². The number of unbranched alkanes of at least 4 members (excludes halogenated alkanes) is 1. The van der Waals surface area contributed by atoms with Gasteiger partial charge in [-0.05, 0) is 40.6 Å². The van der Waals surface area contributed by atoms with Crippen LogP contribution in [-0.4, -0.2) is 37.9 Å². The molecule has 0 fully saturated rings. The molecule has 2 aromatic carbocycles. The number of esters is 1. The number of ether oxygens (including phenoxy) is 2. The third-order valence-corrected chi connectivity index (χ3v) is 5.33. The Balaban J connectivity index is 1.61. The van der Waals surface area contributed by atoms with Crippen molar-refractivity contribution in [2.24, 2.45) is 5.11 Å². The van der Waals surface area contributed by atoms with E-state index in [9.17, 15) is 9.59 Å². The predicted octanol–water partition coefficient (Wildman–Crippen LogP) is 5.10. The number of carbonyl (C=O) groups excluding carboxylic acids is 2. The second kappa shape index (κ2) is 11.6. The maximum absolute atomic E-state index is 12.5. The van der Waals surface area contributed by atoms with Gasteiger partial charge < -0.3 is 14.8 Å². The molecule has 1 aliphatic carbocycles. The Kier molecular flexibility index (Phi) is 8.29. The van der Waals surface area contributed by atoms with Crippen molar-refractivity contribution in [2.75, 3.05) is 19.8 Å². The molecular formula is C24H26N4O4. The number of hydrogen-bond donors (Lipinski definition) is 1. The average molecular weight is 434 g/mol. The van der Waals surface area contributed by atoms with Gasteiger partial charge in [0.15, 0.2) is 0 Å². The van der Waals surface area contributed by atoms with Gasteiger partial charge in [-0.15, -0.1) is 0 Å². The van der Waals surface area contributed by atoms with Crippen LogP contribution in [0.1, 0.15) is 36.3 Å². The van der Waals surface area contributed by atoms with E-state index in [1.807, 2.05) is 36.4 Å². The van der Waals surface area contributed by atoms with E-state index in [-0.39, 0.29) is 19.1 Å². The molecule has 1 aliphatic rings. The average Bonchev–Trinajstić information content (AvgIpc) is 3.14. The highest BCUT2D eigenvalue weighted by Crippen LogP contribution is 2.44. The first-order valence-electron chi connectivity index (χ1n) is 10.6. The highest BCUT2D eigenvalue weighted by atomic mass is 16.6. The van der Waals surface area contributed by atoms with Crippen LogP contribution in [0.5, 0.6) is 0 Å². The first-order valence-corrected chi connectivity index (χ1v) is 10.6. The zero-order valence-electron chi connectivity index (χ0n) is 17.8. The lowest BCUT2D eigenvalue weighted by molar-refractivity contribution is -0.145. The number of carbonyl (C=O) groups is 2. The molecule has 0 aliphatic heterocycles. The lowest BCUT2D eigenvalue weighted by Gasteiger charge is -2.19. The fourth-order valence-electron chi connectivity index (χ4n) is 3.85. The zero-order chi connectivity index (χ0) is 22.8. The van der Waals surface area contributed by atoms with E-state index in [0.717, 1.165) is 22.3 Å². The van der Waals surface area contributed by atoms with Gasteiger partial charge in [-0.2, -0.15) is 0 Å². The minimum atomic E-state index is -0.850. The summed E-state index contributed by atoms with van der Waals surface area (Å²) >= 11 is 0. The van der Waals surface area contributed by atoms with E-state index in [0.29, 0.717) is 25.8 Å². The molecule has 166 valence electrons. The van der Waals surface area contributed by atoms with E-state index in [2.05, 4.69) is 34.1 Å². The first kappa shape index (κ1) is 22.9. The molecule has 0 aromatic heterocycles. The second-order valence-corrected chi connectivity index (χ2v) is 7.39. The highest BCUT2D eigenvalue weighted by Gasteiger charge is 2.30. The first-order chi connectivity index (χ1) is 15.7. The van der Waals surface area contributed by atoms with Crippen molar-refractivity contribution in [2.45, 2.75) is 31.2 Å². The molecule has 0 spiro atoms. The van der Waals surface area contributed by atoms with Gasteiger partial charge in [0.1, 0.15) is 19.3 Å². The monoisotopic (exact) mass is 434 g/mol. The van der Waals surface area contributed by atoms with Gasteiger partial charge in [0.05, 0.1) is 0 Å². The Bertz CT molecular complexity index is 971. The maximum Gasteiger partial charge on any atom is 0.407 e. The Labute approximate surface area is 186 Å². The molecule has 8 nitrogen and oxygen atoms in total. The molecular weight excluding hydrogens is 408 g/mol. The maximum atomic E-state index is 12.5. The number of benzene rings is 2. The van der Waals surface area contributed by atoms with Crippen LogP contribution in [-0.2, 0) is 14.3 Å². The zero-order valence-corrected chi connectivity index (χ0v) is 17.8. The van der Waals surface area contributed by atoms with Gasteiger partial charge in [-0.3, -0.25) is 0 Å². The van der Waals surface area contributed by atoms with Gasteiger partial charge >= 0.3 is 12.1 Å². The molecule has 32 heavy (non-hydrogen) atoms. The largest absolute Gasteiger partial charge is 0.460 e. The summed E-state index contributed by atoms with van der Waals surface area (Å²) in [7, 11) is 0. The molecule has 2 aromatic rings. The third-order valence-electron chi connectivity index (χ3n) is 5.33. The summed E-state index contributed by atoms with van der Waals surface area (Å²) in [5.41, 5.74) is 12.9. The van der Waals surface area contributed by atoms with Gasteiger partial charge in [0.2, 0.25) is 0 Å². The van der Waals surface area contributed by atoms with Gasteiger partial charge in [-0.1, -0.05) is 72.7 Å². The van der Waals surface area contributed by atoms with Gasteiger partial charge in [0, 0.05) is 17.4 Å². The van der Waals surface area contributed by atoms with Crippen molar-refractivity contribution in [1.82, 2.24) is 5.32 Å². The van der Waals surface area contributed by atoms with Crippen molar-refractivity contribution >= 4 is 12.1 Å². The van der Waals surface area contributed by atoms with Crippen LogP contribution >= 0.6 is 0 Å². The van der Waals surface area contributed by atoms with E-state index in [4.69, 9.17) is 15.0 Å². The quantitative estimate of drug-likeness (QED) is 0.132. The molecule has 0 heterocycles. The topological polar surface area (TPSA) is 113 Å². The van der Waals surface area contributed by atoms with Crippen LogP contribution in [0, 0.1) is 0 Å². The van der Waals surface area contributed by atoms with Gasteiger partial charge in [-0.25, -0.2) is 9.59 Å². The third kappa shape index (κ3) is 5.68. The number of nitrogens with zero attached hydrogens (tertiary/aromatic N) is 3. The highest BCUT2D eigenvalue weighted by molar-refractivity contribution is 5.82. The fraction of sp³-hybridized carbons (Fsp3) is 0.333. The van der Waals surface area contributed by atoms with Crippen molar-refractivity contribution in [1.29, 1.82) is 0 Å². The van der Waals surface area contributed by atoms with Crippen LogP contribution in [0.3, 0.4) is 0 Å². The molecule has 0 bridgehead atoms. The summed E-state index contributed by atoms with van der Waals surface area (Å²) in [4.78, 5) is 27.5. The lowest BCUT2D eigenvalue weighted by atomic mass is 9.98. The van der Waals surface area contributed by atoms with E-state index in [1.54, 1.807) is 0 Å². The summed E-state index contributed by atoms with van der Waals surface area (Å²) in [6.45, 7) is 4.07. The molecule has 0 saturated carbocycles. The summed E-state index contributed by atoms with van der Waals surface area (Å²) in [5, 5.41) is 6.09. The van der Waals surface area contributed by atoms with Crippen molar-refractivity contribution in [3.8, 4) is 11.1 Å². The molecule has 3 rings (SSSR count). The number of rotatable bonds is 11. The van der Waals surface area contributed by atoms with E-state index >= 15 is 0 Å². The number of azide groups is 1. The van der Waals surface area contributed by atoms with Crippen LogP contribution in [0.2, 0.25) is 0 Å². The summed E-state index contributed by atoms with van der Waals surface area (Å²) in [5.74, 6) is -0.620. The Morgan fingerprint density at radius 2 is 1.75 bits per heavy atom. The number of fused-ring (bicyclic) bond motifs is 3. The van der Waals surface area contributed by atoms with Gasteiger partial charge in [0.25, 0.3) is 0 Å². The van der Waals surface area contributed by atoms with E-state index < -0.39 is 18.1 Å². The molecule has 0 radical (unpaired) electrons. The molecule has 1 amide bonds. The summed E-state index contributed by atoms with van der Waals surface area (Å²) in [6, 6.07) is 15.3. The van der Waals surface area contributed by atoms with Crippen LogP contribution in [0.15, 0.2) is 66.3 Å². The molecule has 8 heteroatoms. The van der Waals surface area contributed by atoms with Crippen molar-refractivity contribution in [3.63, 3.8) is 0 Å². The SMILES string of the molecule is C=CCOC(=O)[C@H](CCCCN=[N+]=[N-])NC(=O)OCC1c2ccccc2-c2ccccc21. The minimum Gasteiger partial charge on any atom is -0.460 e. The lowest BCUT2D eigenvalue weighted by Crippen LogP contribution is -2.42. The molecule has 0 unspecified atom stereocenters.